The Kier molecular flexibility index (Phi) is 5.84. The molecule has 0 radical (unpaired) electrons. The molecule has 1 aliphatic heterocycles. The van der Waals surface area contributed by atoms with Crippen LogP contribution in [0.4, 0.5) is 13.2 Å². The van der Waals surface area contributed by atoms with Crippen molar-refractivity contribution in [2.45, 2.75) is 19.0 Å². The van der Waals surface area contributed by atoms with Crippen LogP contribution in [0.25, 0.3) is 22.2 Å². The van der Waals surface area contributed by atoms with E-state index >= 15 is 0 Å². The first-order chi connectivity index (χ1) is 16.8. The minimum Gasteiger partial charge on any atom is -0.339 e. The van der Waals surface area contributed by atoms with Crippen molar-refractivity contribution in [2.75, 3.05) is 13.1 Å². The van der Waals surface area contributed by atoms with Gasteiger partial charge in [-0.2, -0.15) is 23.0 Å². The van der Waals surface area contributed by atoms with E-state index in [0.717, 1.165) is 29.7 Å². The summed E-state index contributed by atoms with van der Waals surface area (Å²) in [5.74, 6) is -1.22. The average Bonchev–Trinajstić information content (AvgIpc) is 3.51. The highest BCUT2D eigenvalue weighted by molar-refractivity contribution is 6.34. The van der Waals surface area contributed by atoms with Gasteiger partial charge < -0.3 is 4.90 Å². The van der Waals surface area contributed by atoms with Crippen LogP contribution in [0, 0.1) is 0 Å². The van der Waals surface area contributed by atoms with Crippen LogP contribution in [0.15, 0.2) is 66.7 Å². The Labute approximate surface area is 203 Å². The molecule has 1 aromatic heterocycles. The number of amides is 1. The van der Waals surface area contributed by atoms with Gasteiger partial charge in [0.15, 0.2) is 0 Å². The first-order valence-corrected chi connectivity index (χ1v) is 11.4. The van der Waals surface area contributed by atoms with Crippen molar-refractivity contribution >= 4 is 34.3 Å². The Morgan fingerprint density at radius 2 is 1.60 bits per heavy atom. The molecule has 3 aromatic carbocycles. The third-order valence-corrected chi connectivity index (χ3v) is 6.41. The number of rotatable bonds is 3. The molecule has 0 atom stereocenters. The number of benzene rings is 3. The van der Waals surface area contributed by atoms with Crippen LogP contribution in [-0.2, 0) is 6.18 Å². The summed E-state index contributed by atoms with van der Waals surface area (Å²) in [5.41, 5.74) is -0.186. The SMILES string of the molecule is O=C(c1ccc2c(-c3ccccc3)nn(C(=O)c3c(Cl)cccc3C(F)(F)F)c2c1)N1CCCC1. The lowest BCUT2D eigenvalue weighted by Crippen LogP contribution is -2.27. The van der Waals surface area contributed by atoms with E-state index in [0.29, 0.717) is 35.3 Å². The lowest BCUT2D eigenvalue weighted by atomic mass is 10.0. The van der Waals surface area contributed by atoms with Crippen LogP contribution < -0.4 is 0 Å². The van der Waals surface area contributed by atoms with Crippen molar-refractivity contribution in [1.29, 1.82) is 0 Å². The van der Waals surface area contributed by atoms with E-state index in [9.17, 15) is 22.8 Å². The highest BCUT2D eigenvalue weighted by Gasteiger charge is 2.37. The maximum atomic E-state index is 13.7. The zero-order chi connectivity index (χ0) is 24.7. The number of alkyl halides is 3. The number of carbonyl (C=O) groups excluding carboxylic acids is 2. The predicted octanol–water partition coefficient (Wildman–Crippen LogP) is 6.30. The van der Waals surface area contributed by atoms with Gasteiger partial charge in [-0.1, -0.05) is 48.0 Å². The van der Waals surface area contributed by atoms with Crippen LogP contribution in [-0.4, -0.2) is 39.6 Å². The molecule has 178 valence electrons. The molecule has 0 N–H and O–H groups in total. The zero-order valence-electron chi connectivity index (χ0n) is 18.3. The minimum atomic E-state index is -4.79. The summed E-state index contributed by atoms with van der Waals surface area (Å²) in [6, 6.07) is 17.0. The topological polar surface area (TPSA) is 55.2 Å². The molecule has 0 spiro atoms. The molecule has 0 aliphatic carbocycles. The van der Waals surface area contributed by atoms with Gasteiger partial charge in [0.1, 0.15) is 5.69 Å². The normalized spacial score (nSPS) is 14.0. The Morgan fingerprint density at radius 3 is 2.29 bits per heavy atom. The number of aromatic nitrogens is 2. The van der Waals surface area contributed by atoms with Gasteiger partial charge in [-0.3, -0.25) is 9.59 Å². The Bertz CT molecular complexity index is 1440. The molecule has 0 saturated carbocycles. The van der Waals surface area contributed by atoms with Gasteiger partial charge in [0.2, 0.25) is 0 Å². The monoisotopic (exact) mass is 497 g/mol. The smallest absolute Gasteiger partial charge is 0.339 e. The fourth-order valence-electron chi connectivity index (χ4n) is 4.40. The number of likely N-dealkylation sites (tertiary alicyclic amines) is 1. The standard InChI is InChI=1S/C26H19ClF3N3O2/c27-20-10-6-9-19(26(28,29)30)22(20)25(35)33-21-15-17(24(34)32-13-4-5-14-32)11-12-18(21)23(31-33)16-7-2-1-3-8-16/h1-3,6-12,15H,4-5,13-14H2. The van der Waals surface area contributed by atoms with E-state index in [1.165, 1.54) is 12.1 Å². The summed E-state index contributed by atoms with van der Waals surface area (Å²) in [4.78, 5) is 28.3. The largest absolute Gasteiger partial charge is 0.417 e. The van der Waals surface area contributed by atoms with Crippen LogP contribution in [0.3, 0.4) is 0 Å². The van der Waals surface area contributed by atoms with Gasteiger partial charge in [-0.25, -0.2) is 0 Å². The molecule has 5 nitrogen and oxygen atoms in total. The lowest BCUT2D eigenvalue weighted by molar-refractivity contribution is -0.137. The molecule has 0 bridgehead atoms. The van der Waals surface area contributed by atoms with Crippen molar-refractivity contribution in [3.8, 4) is 11.3 Å². The van der Waals surface area contributed by atoms with Crippen molar-refractivity contribution in [1.82, 2.24) is 14.7 Å². The maximum absolute atomic E-state index is 13.7. The fourth-order valence-corrected chi connectivity index (χ4v) is 4.65. The molecular formula is C26H19ClF3N3O2. The molecule has 4 aromatic rings. The Morgan fingerprint density at radius 1 is 0.886 bits per heavy atom. The Hall–Kier alpha value is -3.65. The second-order valence-electron chi connectivity index (χ2n) is 8.32. The van der Waals surface area contributed by atoms with E-state index in [1.54, 1.807) is 41.3 Å². The number of carbonyl (C=O) groups is 2. The van der Waals surface area contributed by atoms with Crippen LogP contribution in [0.5, 0.6) is 0 Å². The quantitative estimate of drug-likeness (QED) is 0.334. The van der Waals surface area contributed by atoms with Crippen molar-refractivity contribution < 1.29 is 22.8 Å². The first kappa shape index (κ1) is 23.1. The summed E-state index contributed by atoms with van der Waals surface area (Å²) in [6.07, 6.45) is -2.97. The molecule has 2 heterocycles. The third kappa shape index (κ3) is 4.18. The van der Waals surface area contributed by atoms with Crippen LogP contribution in [0.2, 0.25) is 5.02 Å². The molecule has 0 unspecified atom stereocenters. The van der Waals surface area contributed by atoms with Crippen molar-refractivity contribution in [2.24, 2.45) is 0 Å². The number of fused-ring (bicyclic) bond motifs is 1. The zero-order valence-corrected chi connectivity index (χ0v) is 19.1. The number of halogens is 4. The molecule has 1 fully saturated rings. The fraction of sp³-hybridized carbons (Fsp3) is 0.192. The first-order valence-electron chi connectivity index (χ1n) is 11.0. The molecule has 1 saturated heterocycles. The van der Waals surface area contributed by atoms with Gasteiger partial charge in [0.05, 0.1) is 21.7 Å². The van der Waals surface area contributed by atoms with Crippen LogP contribution >= 0.6 is 11.6 Å². The number of hydrogen-bond donors (Lipinski definition) is 0. The van der Waals surface area contributed by atoms with E-state index in [4.69, 9.17) is 11.6 Å². The van der Waals surface area contributed by atoms with E-state index in [1.807, 2.05) is 6.07 Å². The summed E-state index contributed by atoms with van der Waals surface area (Å²) in [5, 5.41) is 4.61. The van der Waals surface area contributed by atoms with Crippen molar-refractivity contribution in [3.05, 3.63) is 88.4 Å². The molecule has 5 rings (SSSR count). The van der Waals surface area contributed by atoms with Gasteiger partial charge in [-0.15, -0.1) is 0 Å². The van der Waals surface area contributed by atoms with Gasteiger partial charge >= 0.3 is 6.18 Å². The summed E-state index contributed by atoms with van der Waals surface area (Å²) in [6.45, 7) is 1.28. The molecule has 35 heavy (non-hydrogen) atoms. The summed E-state index contributed by atoms with van der Waals surface area (Å²) < 4.78 is 42.1. The van der Waals surface area contributed by atoms with E-state index in [2.05, 4.69) is 5.10 Å². The molecule has 9 heteroatoms. The van der Waals surface area contributed by atoms with Gasteiger partial charge in [0.25, 0.3) is 11.8 Å². The second kappa shape index (κ2) is 8.85. The van der Waals surface area contributed by atoms with Gasteiger partial charge in [0, 0.05) is 29.6 Å². The number of nitrogens with zero attached hydrogens (tertiary/aromatic N) is 3. The van der Waals surface area contributed by atoms with Gasteiger partial charge in [-0.05, 0) is 43.2 Å². The summed E-state index contributed by atoms with van der Waals surface area (Å²) >= 11 is 6.10. The maximum Gasteiger partial charge on any atom is 0.417 e. The lowest BCUT2D eigenvalue weighted by Gasteiger charge is -2.15. The van der Waals surface area contributed by atoms with E-state index < -0.39 is 23.2 Å². The molecular weight excluding hydrogens is 479 g/mol. The molecule has 1 aliphatic rings. The van der Waals surface area contributed by atoms with Crippen LogP contribution in [0.1, 0.15) is 39.1 Å². The number of hydrogen-bond acceptors (Lipinski definition) is 3. The Balaban J connectivity index is 1.72. The summed E-state index contributed by atoms with van der Waals surface area (Å²) in [7, 11) is 0. The highest BCUT2D eigenvalue weighted by atomic mass is 35.5. The second-order valence-corrected chi connectivity index (χ2v) is 8.73. The average molecular weight is 498 g/mol. The van der Waals surface area contributed by atoms with Crippen molar-refractivity contribution in [3.63, 3.8) is 0 Å². The predicted molar refractivity (Wildman–Crippen MR) is 126 cm³/mol. The van der Waals surface area contributed by atoms with E-state index in [-0.39, 0.29) is 16.4 Å². The third-order valence-electron chi connectivity index (χ3n) is 6.09. The molecule has 1 amide bonds. The minimum absolute atomic E-state index is 0.195. The highest BCUT2D eigenvalue weighted by Crippen LogP contribution is 2.37.